The number of carbonyl (C=O) groups is 1. The van der Waals surface area contributed by atoms with Crippen LogP contribution < -0.4 is 0 Å². The van der Waals surface area contributed by atoms with Gasteiger partial charge in [-0.05, 0) is 42.9 Å². The average Bonchev–Trinajstić information content (AvgIpc) is 2.05. The molecule has 1 rings (SSSR count). The molecule has 0 aromatic heterocycles. The molecule has 0 aromatic carbocycles. The molecule has 0 bridgehead atoms. The summed E-state index contributed by atoms with van der Waals surface area (Å²) < 4.78 is 0. The first-order chi connectivity index (χ1) is 5.29. The Bertz CT molecular complexity index is 224. The number of hydrogen-bond acceptors (Lipinski definition) is 2. The van der Waals surface area contributed by atoms with E-state index in [9.17, 15) is 4.79 Å². The van der Waals surface area contributed by atoms with Crippen LogP contribution in [0.1, 0.15) is 26.2 Å². The second-order valence-corrected chi connectivity index (χ2v) is 2.78. The Labute approximate surface area is 66.2 Å². The molecule has 0 heterocycles. The van der Waals surface area contributed by atoms with E-state index < -0.39 is 0 Å². The van der Waals surface area contributed by atoms with Gasteiger partial charge in [-0.25, -0.2) is 0 Å². The first-order valence-corrected chi connectivity index (χ1v) is 3.78. The molecule has 0 saturated carbocycles. The Hall–Kier alpha value is -1.05. The zero-order chi connectivity index (χ0) is 8.27. The Morgan fingerprint density at radius 2 is 2.18 bits per heavy atom. The van der Waals surface area contributed by atoms with Gasteiger partial charge in [-0.15, -0.1) is 0 Å². The smallest absolute Gasteiger partial charge is 0.146 e. The van der Waals surface area contributed by atoms with Crippen LogP contribution in [0.15, 0.2) is 23.0 Å². The van der Waals surface area contributed by atoms with Crippen molar-refractivity contribution >= 4 is 6.29 Å². The molecule has 0 fully saturated rings. The molecule has 2 nitrogen and oxygen atoms in total. The molecular weight excluding hydrogens is 140 g/mol. The van der Waals surface area contributed by atoms with Crippen LogP contribution in [-0.2, 0) is 4.79 Å². The quantitative estimate of drug-likeness (QED) is 0.461. The zero-order valence-corrected chi connectivity index (χ0v) is 6.63. The molecule has 1 aliphatic rings. The predicted molar refractivity (Wildman–Crippen MR) is 43.3 cm³/mol. The van der Waals surface area contributed by atoms with E-state index in [1.54, 1.807) is 0 Å². The lowest BCUT2D eigenvalue weighted by atomic mass is 9.90. The van der Waals surface area contributed by atoms with Crippen LogP contribution in [-0.4, -0.2) is 11.4 Å². The first kappa shape index (κ1) is 8.05. The molecule has 60 valence electrons. The topological polar surface area (TPSA) is 37.3 Å². The van der Waals surface area contributed by atoms with Crippen LogP contribution >= 0.6 is 0 Å². The lowest BCUT2D eigenvalue weighted by Gasteiger charge is -2.15. The fourth-order valence-corrected chi connectivity index (χ4v) is 1.36. The highest BCUT2D eigenvalue weighted by Gasteiger charge is 2.12. The van der Waals surface area contributed by atoms with E-state index in [4.69, 9.17) is 5.11 Å². The first-order valence-electron chi connectivity index (χ1n) is 3.78. The van der Waals surface area contributed by atoms with Gasteiger partial charge in [-0.3, -0.25) is 4.79 Å². The van der Waals surface area contributed by atoms with Gasteiger partial charge in [0.2, 0.25) is 0 Å². The number of rotatable bonds is 1. The lowest BCUT2D eigenvalue weighted by Crippen LogP contribution is -2.01. The van der Waals surface area contributed by atoms with Crippen LogP contribution in [0.3, 0.4) is 0 Å². The van der Waals surface area contributed by atoms with Crippen molar-refractivity contribution in [2.75, 3.05) is 0 Å². The van der Waals surface area contributed by atoms with Crippen molar-refractivity contribution < 1.29 is 9.90 Å². The normalized spacial score (nSPS) is 22.5. The lowest BCUT2D eigenvalue weighted by molar-refractivity contribution is -0.105. The summed E-state index contributed by atoms with van der Waals surface area (Å²) >= 11 is 0. The molecule has 0 spiro atoms. The van der Waals surface area contributed by atoms with Crippen LogP contribution in [0.2, 0.25) is 0 Å². The molecule has 11 heavy (non-hydrogen) atoms. The second-order valence-electron chi connectivity index (χ2n) is 2.78. The predicted octanol–water partition coefficient (Wildman–Crippen LogP) is 2.13. The molecule has 0 aromatic rings. The van der Waals surface area contributed by atoms with Gasteiger partial charge in [0.25, 0.3) is 0 Å². The van der Waals surface area contributed by atoms with Crippen molar-refractivity contribution in [3.05, 3.63) is 23.0 Å². The van der Waals surface area contributed by atoms with Crippen LogP contribution in [0.5, 0.6) is 0 Å². The summed E-state index contributed by atoms with van der Waals surface area (Å²) in [7, 11) is 0. The molecule has 1 N–H and O–H groups in total. The van der Waals surface area contributed by atoms with Crippen LogP contribution in [0.25, 0.3) is 0 Å². The van der Waals surface area contributed by atoms with Crippen molar-refractivity contribution in [2.24, 2.45) is 0 Å². The van der Waals surface area contributed by atoms with Gasteiger partial charge in [0, 0.05) is 0 Å². The third-order valence-electron chi connectivity index (χ3n) is 2.15. The Balaban J connectivity index is 2.97. The average molecular weight is 152 g/mol. The fourth-order valence-electron chi connectivity index (χ4n) is 1.36. The molecule has 0 unspecified atom stereocenters. The maximum atomic E-state index is 10.5. The third-order valence-corrected chi connectivity index (χ3v) is 2.15. The third kappa shape index (κ3) is 1.50. The second kappa shape index (κ2) is 3.37. The molecule has 0 aliphatic heterocycles. The molecule has 2 heteroatoms. The van der Waals surface area contributed by atoms with E-state index in [1.165, 1.54) is 0 Å². The molecule has 1 aliphatic carbocycles. The van der Waals surface area contributed by atoms with Crippen LogP contribution in [0, 0.1) is 0 Å². The van der Waals surface area contributed by atoms with Gasteiger partial charge in [0.1, 0.15) is 6.29 Å². The summed E-state index contributed by atoms with van der Waals surface area (Å²) in [5, 5.41) is 8.76. The monoisotopic (exact) mass is 152 g/mol. The summed E-state index contributed by atoms with van der Waals surface area (Å²) in [4.78, 5) is 10.5. The highest BCUT2D eigenvalue weighted by atomic mass is 16.2. The Morgan fingerprint density at radius 3 is 2.73 bits per heavy atom. The number of carbonyl (C=O) groups excluding carboxylic acids is 1. The van der Waals surface area contributed by atoms with Gasteiger partial charge in [-0.1, -0.05) is 0 Å². The van der Waals surface area contributed by atoms with Gasteiger partial charge in [0.05, 0.1) is 6.26 Å². The van der Waals surface area contributed by atoms with E-state index in [2.05, 4.69) is 0 Å². The number of aliphatic hydroxyl groups excluding tert-OH is 1. The maximum absolute atomic E-state index is 10.5. The van der Waals surface area contributed by atoms with Crippen molar-refractivity contribution in [3.63, 3.8) is 0 Å². The van der Waals surface area contributed by atoms with Crippen molar-refractivity contribution in [1.82, 2.24) is 0 Å². The summed E-state index contributed by atoms with van der Waals surface area (Å²) in [6.45, 7) is 1.88. The minimum absolute atomic E-state index is 0.830. The van der Waals surface area contributed by atoms with E-state index in [-0.39, 0.29) is 0 Å². The van der Waals surface area contributed by atoms with E-state index >= 15 is 0 Å². The van der Waals surface area contributed by atoms with E-state index in [0.29, 0.717) is 0 Å². The molecule has 0 radical (unpaired) electrons. The summed E-state index contributed by atoms with van der Waals surface area (Å²) in [6, 6.07) is 0. The van der Waals surface area contributed by atoms with Gasteiger partial charge >= 0.3 is 0 Å². The molecule has 0 atom stereocenters. The number of allylic oxidation sites excluding steroid dienone is 3. The van der Waals surface area contributed by atoms with Gasteiger partial charge in [-0.2, -0.15) is 0 Å². The van der Waals surface area contributed by atoms with E-state index in [1.807, 2.05) is 6.92 Å². The highest BCUT2D eigenvalue weighted by Crippen LogP contribution is 2.27. The fraction of sp³-hybridized carbons (Fsp3) is 0.444. The molecule has 0 saturated heterocycles. The summed E-state index contributed by atoms with van der Waals surface area (Å²) in [5.74, 6) is 0. The van der Waals surface area contributed by atoms with Crippen molar-refractivity contribution in [2.45, 2.75) is 26.2 Å². The zero-order valence-electron chi connectivity index (χ0n) is 6.63. The SMILES string of the molecule is CC1=C(C=O)CCC/C1=C/O. The van der Waals surface area contributed by atoms with Gasteiger partial charge < -0.3 is 5.11 Å². The molecule has 0 amide bonds. The maximum Gasteiger partial charge on any atom is 0.146 e. The van der Waals surface area contributed by atoms with E-state index in [0.717, 1.165) is 48.5 Å². The molecular formula is C9H12O2. The number of aldehydes is 1. The van der Waals surface area contributed by atoms with Crippen molar-refractivity contribution in [3.8, 4) is 0 Å². The minimum atomic E-state index is 0.830. The van der Waals surface area contributed by atoms with Crippen LogP contribution in [0.4, 0.5) is 0 Å². The number of hydrogen-bond donors (Lipinski definition) is 1. The summed E-state index contributed by atoms with van der Waals surface area (Å²) in [6.07, 6.45) is 4.71. The largest absolute Gasteiger partial charge is 0.515 e. The minimum Gasteiger partial charge on any atom is -0.515 e. The summed E-state index contributed by atoms with van der Waals surface area (Å²) in [5.41, 5.74) is 2.68. The van der Waals surface area contributed by atoms with Gasteiger partial charge in [0.15, 0.2) is 0 Å². The Kier molecular flexibility index (Phi) is 2.47. The standard InChI is InChI=1S/C9H12O2/c1-7-8(5-10)3-2-4-9(7)6-11/h5-6,10H,2-4H2,1H3/b8-5-. The van der Waals surface area contributed by atoms with Crippen molar-refractivity contribution in [1.29, 1.82) is 0 Å². The Morgan fingerprint density at radius 1 is 1.45 bits per heavy atom. The number of aliphatic hydroxyl groups is 1. The highest BCUT2D eigenvalue weighted by molar-refractivity contribution is 5.76.